The van der Waals surface area contributed by atoms with Crippen molar-refractivity contribution in [2.75, 3.05) is 24.6 Å². The largest absolute Gasteiger partial charge is 0.337 e. The van der Waals surface area contributed by atoms with Crippen LogP contribution < -0.4 is 0 Å². The van der Waals surface area contributed by atoms with Gasteiger partial charge in [-0.15, -0.1) is 0 Å². The number of hydrogen-bond acceptors (Lipinski definition) is 2. The summed E-state index contributed by atoms with van der Waals surface area (Å²) in [6, 6.07) is 0. The maximum absolute atomic E-state index is 12.3. The second kappa shape index (κ2) is 7.23. The van der Waals surface area contributed by atoms with E-state index < -0.39 is 0 Å². The molecule has 2 aliphatic rings. The Balaban J connectivity index is 1.97. The standard InChI is InChI=1S/C16H27NO2S2/c1-13-5-4-8-16(2,3)14(13)6-7-15(18)17-9-11-21(20-19)12-10-17/h6-7,13-14H,4-5,8-12H2,1-3H3/b7-6+. The van der Waals surface area contributed by atoms with Gasteiger partial charge in [-0.1, -0.05) is 49.1 Å². The molecule has 2 unspecified atom stereocenters. The van der Waals surface area contributed by atoms with Gasteiger partial charge in [-0.25, -0.2) is 4.21 Å². The number of nitrogens with zero attached hydrogens (tertiary/aromatic N) is 1. The molecule has 0 N–H and O–H groups in total. The van der Waals surface area contributed by atoms with Crippen molar-refractivity contribution in [3.8, 4) is 0 Å². The normalized spacial score (nSPS) is 30.5. The minimum atomic E-state index is -0.0721. The smallest absolute Gasteiger partial charge is 0.246 e. The number of rotatable bonds is 2. The Morgan fingerprint density at radius 2 is 2.00 bits per heavy atom. The molecule has 120 valence electrons. The van der Waals surface area contributed by atoms with E-state index in [1.54, 1.807) is 6.08 Å². The zero-order chi connectivity index (χ0) is 15.5. The highest BCUT2D eigenvalue weighted by Crippen LogP contribution is 2.44. The topological polar surface area (TPSA) is 37.4 Å². The molecular weight excluding hydrogens is 302 g/mol. The molecule has 1 heterocycles. The van der Waals surface area contributed by atoms with E-state index in [2.05, 4.69) is 26.8 Å². The summed E-state index contributed by atoms with van der Waals surface area (Å²) in [6.45, 7) is 8.43. The molecule has 1 aliphatic heterocycles. The van der Waals surface area contributed by atoms with Crippen LogP contribution in [0.3, 0.4) is 0 Å². The summed E-state index contributed by atoms with van der Waals surface area (Å²) in [5.41, 5.74) is 0.294. The minimum Gasteiger partial charge on any atom is -0.337 e. The van der Waals surface area contributed by atoms with Crippen LogP contribution in [-0.2, 0) is 24.5 Å². The fourth-order valence-corrected chi connectivity index (χ4v) is 5.71. The van der Waals surface area contributed by atoms with Gasteiger partial charge in [-0.05, 0) is 29.7 Å². The number of amides is 1. The van der Waals surface area contributed by atoms with Crippen molar-refractivity contribution >= 4 is 25.6 Å². The highest BCUT2D eigenvalue weighted by atomic mass is 32.8. The van der Waals surface area contributed by atoms with Gasteiger partial charge >= 0.3 is 0 Å². The van der Waals surface area contributed by atoms with Crippen LogP contribution in [0.4, 0.5) is 0 Å². The molecule has 0 aromatic carbocycles. The molecule has 2 fully saturated rings. The van der Waals surface area contributed by atoms with E-state index in [4.69, 9.17) is 0 Å². The van der Waals surface area contributed by atoms with Crippen molar-refractivity contribution in [3.05, 3.63) is 12.2 Å². The summed E-state index contributed by atoms with van der Waals surface area (Å²) in [7, 11) is 0.645. The van der Waals surface area contributed by atoms with E-state index >= 15 is 0 Å². The fraction of sp³-hybridized carbons (Fsp3) is 0.812. The molecule has 0 aromatic heterocycles. The molecule has 1 saturated carbocycles. The van der Waals surface area contributed by atoms with Gasteiger partial charge in [0.2, 0.25) is 5.91 Å². The van der Waals surface area contributed by atoms with Gasteiger partial charge < -0.3 is 4.90 Å². The predicted molar refractivity (Wildman–Crippen MR) is 91.2 cm³/mol. The zero-order valence-electron chi connectivity index (χ0n) is 13.3. The van der Waals surface area contributed by atoms with Crippen molar-refractivity contribution in [1.29, 1.82) is 0 Å². The van der Waals surface area contributed by atoms with Crippen molar-refractivity contribution < 1.29 is 9.00 Å². The summed E-state index contributed by atoms with van der Waals surface area (Å²) in [5.74, 6) is 2.99. The van der Waals surface area contributed by atoms with E-state index in [0.29, 0.717) is 17.3 Å². The lowest BCUT2D eigenvalue weighted by Crippen LogP contribution is -2.41. The molecule has 5 heteroatoms. The number of allylic oxidation sites excluding steroid dienone is 1. The highest BCUT2D eigenvalue weighted by Gasteiger charge is 2.35. The molecule has 3 nitrogen and oxygen atoms in total. The average molecular weight is 330 g/mol. The summed E-state index contributed by atoms with van der Waals surface area (Å²) in [6.07, 6.45) is 7.76. The third-order valence-electron chi connectivity index (χ3n) is 5.03. The average Bonchev–Trinajstić information content (AvgIpc) is 2.46. The third-order valence-corrected chi connectivity index (χ3v) is 8.07. The van der Waals surface area contributed by atoms with Gasteiger partial charge in [-0.2, -0.15) is 0 Å². The summed E-state index contributed by atoms with van der Waals surface area (Å²) in [5, 5.41) is 0. The van der Waals surface area contributed by atoms with Gasteiger partial charge in [0.15, 0.2) is 0 Å². The third kappa shape index (κ3) is 4.28. The van der Waals surface area contributed by atoms with Crippen molar-refractivity contribution in [2.24, 2.45) is 17.3 Å². The van der Waals surface area contributed by atoms with Crippen LogP contribution in [0, 0.1) is 17.3 Å². The van der Waals surface area contributed by atoms with Crippen molar-refractivity contribution in [1.82, 2.24) is 4.90 Å². The first kappa shape index (κ1) is 16.9. The summed E-state index contributed by atoms with van der Waals surface area (Å²) >= 11 is 0. The first-order valence-electron chi connectivity index (χ1n) is 7.89. The second-order valence-corrected chi connectivity index (χ2v) is 10.6. The first-order chi connectivity index (χ1) is 9.94. The molecule has 0 aromatic rings. The van der Waals surface area contributed by atoms with Gasteiger partial charge in [-0.3, -0.25) is 4.79 Å². The summed E-state index contributed by atoms with van der Waals surface area (Å²) < 4.78 is 10.8. The molecule has 1 aliphatic carbocycles. The zero-order valence-corrected chi connectivity index (χ0v) is 15.0. The Morgan fingerprint density at radius 3 is 2.57 bits per heavy atom. The van der Waals surface area contributed by atoms with Crippen LogP contribution in [-0.4, -0.2) is 39.6 Å². The van der Waals surface area contributed by atoms with E-state index in [1.807, 2.05) is 4.90 Å². The Labute approximate surface area is 133 Å². The SMILES string of the molecule is CC1CCCC(C)(C)C1/C=C/C(=O)N1CCS(=S=O)CC1. The van der Waals surface area contributed by atoms with Crippen LogP contribution in [0.2, 0.25) is 0 Å². The van der Waals surface area contributed by atoms with Crippen LogP contribution in [0.25, 0.3) is 0 Å². The van der Waals surface area contributed by atoms with Crippen molar-refractivity contribution in [3.63, 3.8) is 0 Å². The lowest BCUT2D eigenvalue weighted by Gasteiger charge is -2.41. The van der Waals surface area contributed by atoms with E-state index in [1.165, 1.54) is 19.3 Å². The van der Waals surface area contributed by atoms with Gasteiger partial charge in [0.25, 0.3) is 0 Å². The lowest BCUT2D eigenvalue weighted by atomic mass is 9.64. The van der Waals surface area contributed by atoms with E-state index in [9.17, 15) is 9.00 Å². The first-order valence-corrected chi connectivity index (χ1v) is 10.7. The van der Waals surface area contributed by atoms with Crippen LogP contribution in [0.15, 0.2) is 12.2 Å². The van der Waals surface area contributed by atoms with Gasteiger partial charge in [0.05, 0.1) is 0 Å². The molecule has 1 saturated heterocycles. The Hall–Kier alpha value is -0.420. The number of carbonyl (C=O) groups excluding carboxylic acids is 1. The molecule has 2 atom stereocenters. The molecule has 0 bridgehead atoms. The minimum absolute atomic E-state index is 0.0721. The van der Waals surface area contributed by atoms with Crippen LogP contribution in [0.1, 0.15) is 40.0 Å². The van der Waals surface area contributed by atoms with Gasteiger partial charge in [0, 0.05) is 24.6 Å². The predicted octanol–water partition coefficient (Wildman–Crippen LogP) is 2.59. The van der Waals surface area contributed by atoms with E-state index in [0.717, 1.165) is 34.8 Å². The maximum Gasteiger partial charge on any atom is 0.246 e. The molecule has 21 heavy (non-hydrogen) atoms. The van der Waals surface area contributed by atoms with Crippen LogP contribution >= 0.6 is 0 Å². The molecule has 2 rings (SSSR count). The Kier molecular flexibility index (Phi) is 5.83. The molecule has 1 amide bonds. The summed E-state index contributed by atoms with van der Waals surface area (Å²) in [4.78, 5) is 14.2. The second-order valence-electron chi connectivity index (χ2n) is 6.98. The Morgan fingerprint density at radius 1 is 1.33 bits per heavy atom. The Bertz CT molecular complexity index is 471. The molecular formula is C16H27NO2S2. The number of carbonyl (C=O) groups is 1. The highest BCUT2D eigenvalue weighted by molar-refractivity contribution is 8.31. The monoisotopic (exact) mass is 329 g/mol. The lowest BCUT2D eigenvalue weighted by molar-refractivity contribution is -0.125. The quantitative estimate of drug-likeness (QED) is 0.730. The van der Waals surface area contributed by atoms with Crippen LogP contribution in [0.5, 0.6) is 0 Å². The fourth-order valence-electron chi connectivity index (χ4n) is 3.66. The van der Waals surface area contributed by atoms with Gasteiger partial charge in [0.1, 0.15) is 10.2 Å². The maximum atomic E-state index is 12.3. The molecule has 0 spiro atoms. The molecule has 0 radical (unpaired) electrons. The van der Waals surface area contributed by atoms with E-state index in [-0.39, 0.29) is 15.4 Å². The number of hydrogen-bond donors (Lipinski definition) is 0. The van der Waals surface area contributed by atoms with Crippen molar-refractivity contribution in [2.45, 2.75) is 40.0 Å².